The predicted octanol–water partition coefficient (Wildman–Crippen LogP) is 7.97. The average molecular weight is 735 g/mol. The number of benzene rings is 2. The van der Waals surface area contributed by atoms with Crippen molar-refractivity contribution >= 4 is 69.0 Å². The van der Waals surface area contributed by atoms with Gasteiger partial charge in [-0.05, 0) is 89.4 Å². The molecule has 3 amide bonds. The molecule has 0 radical (unpaired) electrons. The first-order valence-electron chi connectivity index (χ1n) is 14.2. The van der Waals surface area contributed by atoms with Crippen molar-refractivity contribution in [1.82, 2.24) is 9.88 Å². The van der Waals surface area contributed by atoms with Crippen LogP contribution in [0.4, 0.5) is 25.0 Å². The topological polar surface area (TPSA) is 101 Å². The Morgan fingerprint density at radius 1 is 1.16 bits per heavy atom. The maximum atomic E-state index is 14.8. The second-order valence-electron chi connectivity index (χ2n) is 10.8. The maximum absolute atomic E-state index is 14.8. The molecular formula is C32H30ClF2IN4O4. The van der Waals surface area contributed by atoms with Crippen LogP contribution in [0.2, 0.25) is 5.02 Å². The fraction of sp³-hybridized carbons (Fsp3) is 0.312. The summed E-state index contributed by atoms with van der Waals surface area (Å²) < 4.78 is 34.8. The summed E-state index contributed by atoms with van der Waals surface area (Å²) >= 11 is 8.01. The summed E-state index contributed by atoms with van der Waals surface area (Å²) in [6.07, 6.45) is 5.23. The lowest BCUT2D eigenvalue weighted by molar-refractivity contribution is -0.129. The number of amides is 3. The first-order chi connectivity index (χ1) is 21.1. The Morgan fingerprint density at radius 2 is 1.93 bits per heavy atom. The van der Waals surface area contributed by atoms with E-state index in [2.05, 4.69) is 38.2 Å². The van der Waals surface area contributed by atoms with Crippen molar-refractivity contribution < 1.29 is 27.9 Å². The summed E-state index contributed by atoms with van der Waals surface area (Å²) in [7, 11) is 1.27. The van der Waals surface area contributed by atoms with Crippen LogP contribution in [-0.4, -0.2) is 41.4 Å². The lowest BCUT2D eigenvalue weighted by Crippen LogP contribution is -2.38. The van der Waals surface area contributed by atoms with Gasteiger partial charge in [-0.3, -0.25) is 19.9 Å². The molecule has 2 atom stereocenters. The molecule has 0 spiro atoms. The van der Waals surface area contributed by atoms with Crippen molar-refractivity contribution in [3.63, 3.8) is 0 Å². The Bertz CT molecular complexity index is 1670. The molecule has 2 aliphatic rings. The third-order valence-electron chi connectivity index (χ3n) is 7.98. The van der Waals surface area contributed by atoms with E-state index in [-0.39, 0.29) is 46.9 Å². The summed E-state index contributed by atoms with van der Waals surface area (Å²) in [4.78, 5) is 45.0. The number of hydrogen-bond acceptors (Lipinski definition) is 5. The average Bonchev–Trinajstić information content (AvgIpc) is 3.01. The van der Waals surface area contributed by atoms with Gasteiger partial charge in [0.1, 0.15) is 5.82 Å². The van der Waals surface area contributed by atoms with Gasteiger partial charge in [-0.2, -0.15) is 0 Å². The molecule has 12 heteroatoms. The van der Waals surface area contributed by atoms with E-state index in [1.54, 1.807) is 17.2 Å². The van der Waals surface area contributed by atoms with Gasteiger partial charge in [-0.1, -0.05) is 31.4 Å². The summed E-state index contributed by atoms with van der Waals surface area (Å²) in [5, 5.41) is 5.51. The zero-order valence-corrected chi connectivity index (χ0v) is 27.0. The Morgan fingerprint density at radius 3 is 2.68 bits per heavy atom. The summed E-state index contributed by atoms with van der Waals surface area (Å²) in [6, 6.07) is 9.11. The fourth-order valence-electron chi connectivity index (χ4n) is 5.59. The molecule has 0 saturated heterocycles. The number of rotatable bonds is 3. The number of ether oxygens (including phenoxy) is 1. The highest BCUT2D eigenvalue weighted by molar-refractivity contribution is 14.1. The van der Waals surface area contributed by atoms with E-state index in [1.165, 1.54) is 13.2 Å². The van der Waals surface area contributed by atoms with E-state index >= 15 is 0 Å². The van der Waals surface area contributed by atoms with Gasteiger partial charge in [0.2, 0.25) is 11.8 Å². The van der Waals surface area contributed by atoms with Crippen LogP contribution in [0.25, 0.3) is 16.7 Å². The van der Waals surface area contributed by atoms with Crippen molar-refractivity contribution in [3.8, 4) is 11.1 Å². The normalized spacial score (nSPS) is 19.0. The first-order valence-corrected chi connectivity index (χ1v) is 15.6. The van der Waals surface area contributed by atoms with E-state index in [1.807, 2.05) is 25.1 Å². The quantitative estimate of drug-likeness (QED) is 0.210. The number of carbonyl (C=O) groups is 3. The van der Waals surface area contributed by atoms with Crippen LogP contribution in [0, 0.1) is 21.1 Å². The Labute approximate surface area is 272 Å². The highest BCUT2D eigenvalue weighted by Gasteiger charge is 2.31. The standard InChI is InChI=1S/C32H30ClF2IN4O4/c1-17-5-3-4-6-27(40-12-10-19(14-28(40)41)29-22(34)8-7-21(33)30(29)35)26-13-18(9-11-37-26)20-15-23(36)25(39-32(43)44-2)16-24(20)38-31(17)42/h7-9,11,13-17,27H,3-6,10,12H2,1-2H3,(H,38,42)(H,39,43)/t17-,27+/m1/s1. The number of hydrogen-bond donors (Lipinski definition) is 2. The third kappa shape index (κ3) is 6.73. The number of halogens is 4. The third-order valence-corrected chi connectivity index (χ3v) is 9.16. The molecule has 0 aliphatic carbocycles. The SMILES string of the molecule is COC(=O)Nc1cc2c(cc1I)-c1ccnc(c1)[C@@H](N1CCC(c3c(F)ccc(Cl)c3F)=CC1=O)CCCC[C@@H](C)C(=O)N2. The van der Waals surface area contributed by atoms with Crippen LogP contribution in [0.3, 0.4) is 0 Å². The minimum absolute atomic E-state index is 0.147. The van der Waals surface area contributed by atoms with E-state index in [4.69, 9.17) is 16.3 Å². The second kappa shape index (κ2) is 13.6. The van der Waals surface area contributed by atoms with Gasteiger partial charge in [0.15, 0.2) is 5.82 Å². The Hall–Kier alpha value is -3.58. The van der Waals surface area contributed by atoms with Crippen molar-refractivity contribution in [3.05, 3.63) is 80.2 Å². The van der Waals surface area contributed by atoms with Crippen molar-refractivity contribution in [1.29, 1.82) is 0 Å². The lowest BCUT2D eigenvalue weighted by atomic mass is 9.94. The van der Waals surface area contributed by atoms with Gasteiger partial charge in [-0.15, -0.1) is 0 Å². The van der Waals surface area contributed by atoms with Crippen molar-refractivity contribution in [2.24, 2.45) is 5.92 Å². The molecule has 0 unspecified atom stereocenters. The minimum atomic E-state index is -0.883. The van der Waals surface area contributed by atoms with Gasteiger partial charge in [-0.25, -0.2) is 13.6 Å². The van der Waals surface area contributed by atoms with Gasteiger partial charge in [0.25, 0.3) is 0 Å². The highest BCUT2D eigenvalue weighted by atomic mass is 127. The van der Waals surface area contributed by atoms with E-state index in [0.717, 1.165) is 34.1 Å². The number of aromatic nitrogens is 1. The smallest absolute Gasteiger partial charge is 0.411 e. The fourth-order valence-corrected chi connectivity index (χ4v) is 6.35. The van der Waals surface area contributed by atoms with Gasteiger partial charge in [0.05, 0.1) is 40.8 Å². The zero-order valence-electron chi connectivity index (χ0n) is 24.1. The summed E-state index contributed by atoms with van der Waals surface area (Å²) in [5.41, 5.74) is 3.10. The van der Waals surface area contributed by atoms with Gasteiger partial charge >= 0.3 is 6.09 Å². The number of methoxy groups -OCH3 is 1. The largest absolute Gasteiger partial charge is 0.453 e. The van der Waals surface area contributed by atoms with Gasteiger partial charge in [0, 0.05) is 33.9 Å². The molecule has 3 aromatic rings. The minimum Gasteiger partial charge on any atom is -0.453 e. The highest BCUT2D eigenvalue weighted by Crippen LogP contribution is 2.39. The van der Waals surface area contributed by atoms with E-state index in [0.29, 0.717) is 35.5 Å². The predicted molar refractivity (Wildman–Crippen MR) is 173 cm³/mol. The first kappa shape index (κ1) is 31.8. The van der Waals surface area contributed by atoms with Crippen LogP contribution in [0.15, 0.2) is 48.7 Å². The number of fused-ring (bicyclic) bond motifs is 4. The monoisotopic (exact) mass is 734 g/mol. The molecule has 2 N–H and O–H groups in total. The van der Waals surface area contributed by atoms with Crippen molar-refractivity contribution in [2.45, 2.75) is 45.1 Å². The number of carbonyl (C=O) groups excluding carboxylic acids is 3. The van der Waals surface area contributed by atoms with Crippen molar-refractivity contribution in [2.75, 3.05) is 24.3 Å². The van der Waals surface area contributed by atoms with Crippen LogP contribution in [0.5, 0.6) is 0 Å². The molecule has 2 aliphatic heterocycles. The van der Waals surface area contributed by atoms with E-state index < -0.39 is 23.8 Å². The van der Waals surface area contributed by atoms with Crippen LogP contribution in [0.1, 0.15) is 56.3 Å². The van der Waals surface area contributed by atoms with E-state index in [9.17, 15) is 23.2 Å². The second-order valence-corrected chi connectivity index (χ2v) is 12.4. The molecule has 2 aromatic carbocycles. The van der Waals surface area contributed by atoms with Crippen LogP contribution in [-0.2, 0) is 14.3 Å². The molecule has 5 rings (SSSR count). The Kier molecular flexibility index (Phi) is 9.84. The number of pyridine rings is 1. The number of anilines is 2. The summed E-state index contributed by atoms with van der Waals surface area (Å²) in [5.74, 6) is -2.46. The molecule has 0 saturated carbocycles. The zero-order chi connectivity index (χ0) is 31.5. The maximum Gasteiger partial charge on any atom is 0.411 e. The number of nitrogens with one attached hydrogen (secondary N) is 2. The van der Waals surface area contributed by atoms with Gasteiger partial charge < -0.3 is 15.0 Å². The van der Waals surface area contributed by atoms with Crippen LogP contribution >= 0.6 is 34.2 Å². The molecule has 230 valence electrons. The molecule has 3 heterocycles. The molecule has 1 aromatic heterocycles. The number of nitrogens with zero attached hydrogens (tertiary/aromatic N) is 2. The molecule has 0 fully saturated rings. The molecular weight excluding hydrogens is 705 g/mol. The Balaban J connectivity index is 1.55. The molecule has 44 heavy (non-hydrogen) atoms. The molecule has 8 nitrogen and oxygen atoms in total. The molecule has 2 bridgehead atoms. The summed E-state index contributed by atoms with van der Waals surface area (Å²) in [6.45, 7) is 2.10. The van der Waals surface area contributed by atoms with Crippen LogP contribution < -0.4 is 10.6 Å². The lowest BCUT2D eigenvalue weighted by Gasteiger charge is -2.34.